The first-order chi connectivity index (χ1) is 12.6. The molecule has 0 saturated carbocycles. The Morgan fingerprint density at radius 3 is 2.48 bits per heavy atom. The molecule has 4 nitrogen and oxygen atoms in total. The minimum atomic E-state index is -4.58. The summed E-state index contributed by atoms with van der Waals surface area (Å²) in [5, 5.41) is 2.19. The summed E-state index contributed by atoms with van der Waals surface area (Å²) in [4.78, 5) is 25.1. The van der Waals surface area contributed by atoms with E-state index in [9.17, 15) is 22.8 Å². The van der Waals surface area contributed by atoms with Gasteiger partial charge in [-0.05, 0) is 43.5 Å². The number of carbonyl (C=O) groups is 2. The predicted octanol–water partition coefficient (Wildman–Crippen LogP) is 5.26. The molecule has 2 rings (SSSR count). The van der Waals surface area contributed by atoms with Crippen molar-refractivity contribution >= 4 is 40.9 Å². The number of halogens is 4. The monoisotopic (exact) mass is 417 g/mol. The van der Waals surface area contributed by atoms with E-state index in [0.717, 1.165) is 18.2 Å². The van der Waals surface area contributed by atoms with Gasteiger partial charge in [-0.1, -0.05) is 23.7 Å². The summed E-state index contributed by atoms with van der Waals surface area (Å²) in [6, 6.07) is 9.26. The molecule has 144 valence electrons. The van der Waals surface area contributed by atoms with Gasteiger partial charge in [-0.3, -0.25) is 4.79 Å². The van der Waals surface area contributed by atoms with Gasteiger partial charge < -0.3 is 10.1 Å². The van der Waals surface area contributed by atoms with E-state index in [1.54, 1.807) is 30.5 Å². The van der Waals surface area contributed by atoms with E-state index in [4.69, 9.17) is 16.3 Å². The van der Waals surface area contributed by atoms with Gasteiger partial charge in [-0.25, -0.2) is 4.79 Å². The SMILES string of the molecule is CSc1ccccc1C(=O)O[C@@H](C)C(=O)Nc1cc(C(F)(F)F)ccc1Cl. The maximum absolute atomic E-state index is 12.8. The van der Waals surface area contributed by atoms with Crippen LogP contribution in [-0.4, -0.2) is 24.2 Å². The molecule has 0 aliphatic heterocycles. The number of rotatable bonds is 5. The molecule has 0 saturated heterocycles. The van der Waals surface area contributed by atoms with Crippen LogP contribution in [-0.2, 0) is 15.7 Å². The number of thioether (sulfide) groups is 1. The van der Waals surface area contributed by atoms with Gasteiger partial charge in [0.05, 0.1) is 21.8 Å². The van der Waals surface area contributed by atoms with Crippen molar-refractivity contribution in [2.75, 3.05) is 11.6 Å². The van der Waals surface area contributed by atoms with Crippen molar-refractivity contribution in [2.45, 2.75) is 24.1 Å². The van der Waals surface area contributed by atoms with E-state index in [-0.39, 0.29) is 10.7 Å². The number of anilines is 1. The number of carbonyl (C=O) groups excluding carboxylic acids is 2. The third-order valence-corrected chi connectivity index (χ3v) is 4.66. The maximum atomic E-state index is 12.8. The summed E-state index contributed by atoms with van der Waals surface area (Å²) in [5.41, 5.74) is -0.883. The highest BCUT2D eigenvalue weighted by Gasteiger charge is 2.31. The molecule has 0 heterocycles. The Morgan fingerprint density at radius 1 is 1.19 bits per heavy atom. The first-order valence-electron chi connectivity index (χ1n) is 7.65. The molecule has 2 aromatic rings. The van der Waals surface area contributed by atoms with E-state index >= 15 is 0 Å². The molecule has 1 atom stereocenters. The number of hydrogen-bond donors (Lipinski definition) is 1. The van der Waals surface area contributed by atoms with Gasteiger partial charge in [-0.2, -0.15) is 13.2 Å². The zero-order valence-electron chi connectivity index (χ0n) is 14.3. The van der Waals surface area contributed by atoms with Crippen molar-refractivity contribution in [1.29, 1.82) is 0 Å². The lowest BCUT2D eigenvalue weighted by molar-refractivity contribution is -0.137. The van der Waals surface area contributed by atoms with Crippen molar-refractivity contribution < 1.29 is 27.5 Å². The third-order valence-electron chi connectivity index (χ3n) is 3.53. The normalized spacial score (nSPS) is 12.4. The second-order valence-electron chi connectivity index (χ2n) is 5.43. The first-order valence-corrected chi connectivity index (χ1v) is 9.25. The molecular formula is C18H15ClF3NO3S. The average molecular weight is 418 g/mol. The van der Waals surface area contributed by atoms with Crippen LogP contribution in [0.15, 0.2) is 47.4 Å². The van der Waals surface area contributed by atoms with Crippen LogP contribution in [0.1, 0.15) is 22.8 Å². The Bertz CT molecular complexity index is 858. The van der Waals surface area contributed by atoms with E-state index in [0.29, 0.717) is 10.5 Å². The third kappa shape index (κ3) is 5.40. The van der Waals surface area contributed by atoms with Crippen molar-refractivity contribution in [3.63, 3.8) is 0 Å². The van der Waals surface area contributed by atoms with Crippen LogP contribution in [0.25, 0.3) is 0 Å². The summed E-state index contributed by atoms with van der Waals surface area (Å²) in [5.74, 6) is -1.51. The molecule has 0 aliphatic rings. The number of ether oxygens (including phenoxy) is 1. The van der Waals surface area contributed by atoms with Gasteiger partial charge in [0, 0.05) is 4.90 Å². The van der Waals surface area contributed by atoms with Gasteiger partial charge >= 0.3 is 12.1 Å². The molecule has 2 aromatic carbocycles. The van der Waals surface area contributed by atoms with Gasteiger partial charge in [-0.15, -0.1) is 11.8 Å². The molecular weight excluding hydrogens is 403 g/mol. The smallest absolute Gasteiger partial charge is 0.416 e. The zero-order chi connectivity index (χ0) is 20.2. The minimum Gasteiger partial charge on any atom is -0.449 e. The highest BCUT2D eigenvalue weighted by Crippen LogP contribution is 2.34. The summed E-state index contributed by atoms with van der Waals surface area (Å²) in [6.45, 7) is 1.32. The minimum absolute atomic E-state index is 0.0670. The lowest BCUT2D eigenvalue weighted by atomic mass is 10.2. The molecule has 1 N–H and O–H groups in total. The number of alkyl halides is 3. The Morgan fingerprint density at radius 2 is 1.85 bits per heavy atom. The molecule has 0 aromatic heterocycles. The lowest BCUT2D eigenvalue weighted by Crippen LogP contribution is -2.30. The topological polar surface area (TPSA) is 55.4 Å². The van der Waals surface area contributed by atoms with Crippen molar-refractivity contribution in [3.05, 3.63) is 58.6 Å². The highest BCUT2D eigenvalue weighted by molar-refractivity contribution is 7.98. The second-order valence-corrected chi connectivity index (χ2v) is 6.68. The molecule has 27 heavy (non-hydrogen) atoms. The fraction of sp³-hybridized carbons (Fsp3) is 0.222. The maximum Gasteiger partial charge on any atom is 0.416 e. The van der Waals surface area contributed by atoms with Crippen molar-refractivity contribution in [2.24, 2.45) is 0 Å². The zero-order valence-corrected chi connectivity index (χ0v) is 15.8. The molecule has 0 fully saturated rings. The average Bonchev–Trinajstić information content (AvgIpc) is 2.62. The summed E-state index contributed by atoms with van der Waals surface area (Å²) in [7, 11) is 0. The molecule has 0 bridgehead atoms. The van der Waals surface area contributed by atoms with Gasteiger partial charge in [0.2, 0.25) is 0 Å². The van der Waals surface area contributed by atoms with Gasteiger partial charge in [0.1, 0.15) is 0 Å². The van der Waals surface area contributed by atoms with E-state index < -0.39 is 29.7 Å². The van der Waals surface area contributed by atoms with Crippen LogP contribution >= 0.6 is 23.4 Å². The number of amides is 1. The summed E-state index contributed by atoms with van der Waals surface area (Å²) >= 11 is 7.19. The van der Waals surface area contributed by atoms with Crippen LogP contribution in [0.5, 0.6) is 0 Å². The number of nitrogens with one attached hydrogen (secondary N) is 1. The van der Waals surface area contributed by atoms with E-state index in [2.05, 4.69) is 5.32 Å². The van der Waals surface area contributed by atoms with Gasteiger partial charge in [0.15, 0.2) is 6.10 Å². The van der Waals surface area contributed by atoms with Crippen LogP contribution in [0.3, 0.4) is 0 Å². The lowest BCUT2D eigenvalue weighted by Gasteiger charge is -2.16. The fourth-order valence-electron chi connectivity index (χ4n) is 2.12. The summed E-state index contributed by atoms with van der Waals surface area (Å²) < 4.78 is 43.5. The standard InChI is InChI=1S/C18H15ClF3NO3S/c1-10(26-17(25)12-5-3-4-6-15(12)27-2)16(24)23-14-9-11(18(20,21)22)7-8-13(14)19/h3-10H,1-2H3,(H,23,24)/t10-/m0/s1. The summed E-state index contributed by atoms with van der Waals surface area (Å²) in [6.07, 6.45) is -4.03. The van der Waals surface area contributed by atoms with Crippen LogP contribution < -0.4 is 5.32 Å². The number of hydrogen-bond acceptors (Lipinski definition) is 4. The molecule has 0 radical (unpaired) electrons. The highest BCUT2D eigenvalue weighted by atomic mass is 35.5. The molecule has 0 aliphatic carbocycles. The molecule has 1 amide bonds. The largest absolute Gasteiger partial charge is 0.449 e. The van der Waals surface area contributed by atoms with Crippen LogP contribution in [0.2, 0.25) is 5.02 Å². The second kappa shape index (κ2) is 8.67. The molecule has 0 unspecified atom stereocenters. The van der Waals surface area contributed by atoms with Crippen molar-refractivity contribution in [1.82, 2.24) is 0 Å². The Hall–Kier alpha value is -2.19. The predicted molar refractivity (Wildman–Crippen MR) is 98.2 cm³/mol. The first kappa shape index (κ1) is 21.1. The number of esters is 1. The van der Waals surface area contributed by atoms with Crippen LogP contribution in [0.4, 0.5) is 18.9 Å². The van der Waals surface area contributed by atoms with Crippen LogP contribution in [0, 0.1) is 0 Å². The Kier molecular flexibility index (Phi) is 6.78. The molecule has 0 spiro atoms. The Labute approximate surface area is 163 Å². The van der Waals surface area contributed by atoms with E-state index in [1.807, 2.05) is 0 Å². The van der Waals surface area contributed by atoms with E-state index in [1.165, 1.54) is 18.7 Å². The van der Waals surface area contributed by atoms with Gasteiger partial charge in [0.25, 0.3) is 5.91 Å². The molecule has 9 heteroatoms. The van der Waals surface area contributed by atoms with Crippen molar-refractivity contribution in [3.8, 4) is 0 Å². The quantitative estimate of drug-likeness (QED) is 0.532. The fourth-order valence-corrected chi connectivity index (χ4v) is 2.87. The Balaban J connectivity index is 2.11. The number of benzene rings is 2.